The van der Waals surface area contributed by atoms with Crippen LogP contribution < -0.4 is 5.32 Å². The number of halogens is 1. The second-order valence-electron chi connectivity index (χ2n) is 2.50. The second-order valence-corrected chi connectivity index (χ2v) is 2.93. The van der Waals surface area contributed by atoms with Crippen LogP contribution in [0.1, 0.15) is 5.56 Å². The van der Waals surface area contributed by atoms with E-state index in [1.165, 1.54) is 6.07 Å². The smallest absolute Gasteiger partial charge is 0.247 e. The summed E-state index contributed by atoms with van der Waals surface area (Å²) in [4.78, 5) is 11.0. The van der Waals surface area contributed by atoms with Crippen LogP contribution in [0.4, 0.5) is 5.69 Å². The molecule has 0 spiro atoms. The van der Waals surface area contributed by atoms with Gasteiger partial charge in [-0.1, -0.05) is 18.2 Å². The van der Waals surface area contributed by atoms with Gasteiger partial charge in [0.1, 0.15) is 6.07 Å². The Hall–Kier alpha value is -1.79. The lowest BCUT2D eigenvalue weighted by atomic mass is 10.2. The number of hydrogen-bond donors (Lipinski definition) is 1. The molecule has 0 atom stereocenters. The molecule has 3 nitrogen and oxygen atoms in total. The third-order valence-corrected chi connectivity index (χ3v) is 1.78. The van der Waals surface area contributed by atoms with Gasteiger partial charge in [0, 0.05) is 5.02 Å². The zero-order valence-electron chi connectivity index (χ0n) is 7.25. The third kappa shape index (κ3) is 2.35. The molecule has 1 N–H and O–H groups in total. The summed E-state index contributed by atoms with van der Waals surface area (Å²) in [5.74, 6) is -0.372. The van der Waals surface area contributed by atoms with Crippen LogP contribution in [0, 0.1) is 11.3 Å². The topological polar surface area (TPSA) is 52.9 Å². The molecule has 0 saturated heterocycles. The standard InChI is InChI=1S/C10H7ClN2O/c1-2-10(14)13-9-5-8(11)4-3-7(9)6-12/h2-5H,1H2,(H,13,14). The fourth-order valence-electron chi connectivity index (χ4n) is 0.901. The number of nitriles is 1. The molecular formula is C10H7ClN2O. The van der Waals surface area contributed by atoms with Gasteiger partial charge in [0.2, 0.25) is 5.91 Å². The minimum Gasteiger partial charge on any atom is -0.321 e. The molecule has 1 aromatic rings. The van der Waals surface area contributed by atoms with E-state index >= 15 is 0 Å². The molecule has 0 aliphatic carbocycles. The normalized spacial score (nSPS) is 8.86. The highest BCUT2D eigenvalue weighted by atomic mass is 35.5. The Morgan fingerprint density at radius 1 is 1.64 bits per heavy atom. The fraction of sp³-hybridized carbons (Fsp3) is 0. The zero-order chi connectivity index (χ0) is 10.6. The van der Waals surface area contributed by atoms with Gasteiger partial charge in [0.05, 0.1) is 11.3 Å². The first-order chi connectivity index (χ1) is 6.67. The van der Waals surface area contributed by atoms with E-state index in [0.29, 0.717) is 16.3 Å². The summed E-state index contributed by atoms with van der Waals surface area (Å²) < 4.78 is 0. The Morgan fingerprint density at radius 3 is 2.93 bits per heavy atom. The van der Waals surface area contributed by atoms with Crippen LogP contribution >= 0.6 is 11.6 Å². The number of carbonyl (C=O) groups excluding carboxylic acids is 1. The summed E-state index contributed by atoms with van der Waals surface area (Å²) >= 11 is 5.71. The Morgan fingerprint density at radius 2 is 2.36 bits per heavy atom. The van der Waals surface area contributed by atoms with E-state index in [1.54, 1.807) is 12.1 Å². The van der Waals surface area contributed by atoms with Gasteiger partial charge in [-0.15, -0.1) is 0 Å². The summed E-state index contributed by atoms with van der Waals surface area (Å²) in [6, 6.07) is 6.59. The number of nitrogens with zero attached hydrogens (tertiary/aromatic N) is 1. The van der Waals surface area contributed by atoms with Gasteiger partial charge in [0.15, 0.2) is 0 Å². The highest BCUT2D eigenvalue weighted by molar-refractivity contribution is 6.31. The zero-order valence-corrected chi connectivity index (χ0v) is 8.01. The quantitative estimate of drug-likeness (QED) is 0.756. The highest BCUT2D eigenvalue weighted by Gasteiger charge is 2.04. The van der Waals surface area contributed by atoms with Crippen LogP contribution in [0.3, 0.4) is 0 Å². The van der Waals surface area contributed by atoms with Gasteiger partial charge in [-0.3, -0.25) is 4.79 Å². The number of nitrogens with one attached hydrogen (secondary N) is 1. The van der Waals surface area contributed by atoms with Crippen LogP contribution in [0.5, 0.6) is 0 Å². The average Bonchev–Trinajstić information content (AvgIpc) is 2.18. The molecule has 0 bridgehead atoms. The van der Waals surface area contributed by atoms with Gasteiger partial charge < -0.3 is 5.32 Å². The van der Waals surface area contributed by atoms with Gasteiger partial charge in [-0.05, 0) is 24.3 Å². The molecule has 0 fully saturated rings. The minimum absolute atomic E-state index is 0.365. The van der Waals surface area contributed by atoms with Gasteiger partial charge in [0.25, 0.3) is 0 Å². The molecule has 14 heavy (non-hydrogen) atoms. The van der Waals surface area contributed by atoms with Crippen molar-refractivity contribution >= 4 is 23.2 Å². The van der Waals surface area contributed by atoms with Crippen molar-refractivity contribution in [2.45, 2.75) is 0 Å². The van der Waals surface area contributed by atoms with E-state index in [-0.39, 0.29) is 5.91 Å². The molecular weight excluding hydrogens is 200 g/mol. The Balaban J connectivity index is 3.06. The van der Waals surface area contributed by atoms with Gasteiger partial charge in [-0.25, -0.2) is 0 Å². The van der Waals surface area contributed by atoms with Gasteiger partial charge >= 0.3 is 0 Å². The average molecular weight is 207 g/mol. The maximum atomic E-state index is 11.0. The van der Waals surface area contributed by atoms with E-state index in [0.717, 1.165) is 6.08 Å². The Labute approximate surface area is 86.6 Å². The molecule has 70 valence electrons. The number of rotatable bonds is 2. The summed E-state index contributed by atoms with van der Waals surface area (Å²) in [5.41, 5.74) is 0.759. The maximum Gasteiger partial charge on any atom is 0.247 e. The first-order valence-corrected chi connectivity index (χ1v) is 4.18. The Bertz CT molecular complexity index is 421. The second kappa shape index (κ2) is 4.45. The maximum absolute atomic E-state index is 11.0. The highest BCUT2D eigenvalue weighted by Crippen LogP contribution is 2.20. The lowest BCUT2D eigenvalue weighted by Crippen LogP contribution is -2.08. The van der Waals surface area contributed by atoms with E-state index in [2.05, 4.69) is 11.9 Å². The molecule has 0 aromatic heterocycles. The third-order valence-electron chi connectivity index (χ3n) is 1.55. The predicted molar refractivity (Wildman–Crippen MR) is 55.0 cm³/mol. The van der Waals surface area contributed by atoms with Crippen molar-refractivity contribution in [2.75, 3.05) is 5.32 Å². The van der Waals surface area contributed by atoms with E-state index in [1.807, 2.05) is 6.07 Å². The first-order valence-electron chi connectivity index (χ1n) is 3.80. The van der Waals surface area contributed by atoms with Crippen molar-refractivity contribution in [2.24, 2.45) is 0 Å². The lowest BCUT2D eigenvalue weighted by Gasteiger charge is -2.04. The molecule has 0 aliphatic heterocycles. The van der Waals surface area contributed by atoms with Crippen LogP contribution in [-0.4, -0.2) is 5.91 Å². The number of hydrogen-bond acceptors (Lipinski definition) is 2. The Kier molecular flexibility index (Phi) is 3.27. The van der Waals surface area contributed by atoms with Crippen LogP contribution in [0.2, 0.25) is 5.02 Å². The van der Waals surface area contributed by atoms with E-state index < -0.39 is 0 Å². The molecule has 0 saturated carbocycles. The number of carbonyl (C=O) groups is 1. The summed E-state index contributed by atoms with van der Waals surface area (Å²) in [5, 5.41) is 11.7. The molecule has 4 heteroatoms. The van der Waals surface area contributed by atoms with Crippen LogP contribution in [0.25, 0.3) is 0 Å². The first kappa shape index (κ1) is 10.3. The van der Waals surface area contributed by atoms with Crippen molar-refractivity contribution in [1.82, 2.24) is 0 Å². The summed E-state index contributed by atoms with van der Waals surface area (Å²) in [6.07, 6.45) is 1.13. The molecule has 0 heterocycles. The molecule has 1 amide bonds. The monoisotopic (exact) mass is 206 g/mol. The van der Waals surface area contributed by atoms with E-state index in [4.69, 9.17) is 16.9 Å². The molecule has 0 unspecified atom stereocenters. The fourth-order valence-corrected chi connectivity index (χ4v) is 1.07. The number of benzene rings is 1. The summed E-state index contributed by atoms with van der Waals surface area (Å²) in [7, 11) is 0. The van der Waals surface area contributed by atoms with Gasteiger partial charge in [-0.2, -0.15) is 5.26 Å². The summed E-state index contributed by atoms with van der Waals surface area (Å²) in [6.45, 7) is 3.31. The van der Waals surface area contributed by atoms with Crippen molar-refractivity contribution in [3.63, 3.8) is 0 Å². The van der Waals surface area contributed by atoms with Crippen molar-refractivity contribution in [1.29, 1.82) is 5.26 Å². The molecule has 0 radical (unpaired) electrons. The number of anilines is 1. The van der Waals surface area contributed by atoms with Crippen molar-refractivity contribution in [3.05, 3.63) is 41.4 Å². The molecule has 1 aromatic carbocycles. The van der Waals surface area contributed by atoms with Crippen LogP contribution in [0.15, 0.2) is 30.9 Å². The van der Waals surface area contributed by atoms with E-state index in [9.17, 15) is 4.79 Å². The predicted octanol–water partition coefficient (Wildman–Crippen LogP) is 2.34. The minimum atomic E-state index is -0.372. The van der Waals surface area contributed by atoms with Crippen LogP contribution in [-0.2, 0) is 4.79 Å². The SMILES string of the molecule is C=CC(=O)Nc1cc(Cl)ccc1C#N. The largest absolute Gasteiger partial charge is 0.321 e. The van der Waals surface area contributed by atoms with Crippen molar-refractivity contribution < 1.29 is 4.79 Å². The van der Waals surface area contributed by atoms with Crippen molar-refractivity contribution in [3.8, 4) is 6.07 Å². The number of amides is 1. The molecule has 1 rings (SSSR count). The lowest BCUT2D eigenvalue weighted by molar-refractivity contribution is -0.111. The molecule has 0 aliphatic rings.